The number of piperazine rings is 1. The number of hydrogen-bond donors (Lipinski definition) is 2. The molecule has 5 rings (SSSR count). The van der Waals surface area contributed by atoms with Crippen molar-refractivity contribution in [3.63, 3.8) is 0 Å². The van der Waals surface area contributed by atoms with E-state index in [4.69, 9.17) is 16.6 Å². The van der Waals surface area contributed by atoms with Gasteiger partial charge in [-0.25, -0.2) is 9.78 Å². The molecule has 4 aromatic rings. The molecule has 9 heteroatoms. The number of carbonyl (C=O) groups is 2. The molecule has 0 radical (unpaired) electrons. The molecule has 0 bridgehead atoms. The molecular weight excluding hydrogens is 442 g/mol. The van der Waals surface area contributed by atoms with Gasteiger partial charge in [-0.15, -0.1) is 0 Å². The van der Waals surface area contributed by atoms with E-state index in [-0.39, 0.29) is 11.9 Å². The van der Waals surface area contributed by atoms with E-state index in [9.17, 15) is 14.7 Å². The van der Waals surface area contributed by atoms with Crippen molar-refractivity contribution in [1.29, 1.82) is 0 Å². The second-order valence-electron chi connectivity index (χ2n) is 8.38. The molecule has 0 saturated carbocycles. The third-order valence-electron chi connectivity index (χ3n) is 6.21. The average Bonchev–Trinajstić information content (AvgIpc) is 3.18. The van der Waals surface area contributed by atoms with Gasteiger partial charge in [0, 0.05) is 53.3 Å². The minimum absolute atomic E-state index is 0.145. The normalized spacial score (nSPS) is 16.5. The Kier molecular flexibility index (Phi) is 5.17. The Bertz CT molecular complexity index is 1420. The van der Waals surface area contributed by atoms with Crippen molar-refractivity contribution in [2.75, 3.05) is 19.6 Å². The van der Waals surface area contributed by atoms with Gasteiger partial charge in [-0.05, 0) is 44.2 Å². The van der Waals surface area contributed by atoms with E-state index in [0.717, 1.165) is 27.5 Å². The largest absolute Gasteiger partial charge is 0.465 e. The summed E-state index contributed by atoms with van der Waals surface area (Å²) < 4.78 is 0. The number of nitrogens with one attached hydrogen (secondary N) is 1. The number of aromatic nitrogens is 3. The third kappa shape index (κ3) is 3.76. The zero-order valence-electron chi connectivity index (χ0n) is 18.2. The first-order valence-corrected chi connectivity index (χ1v) is 11.0. The van der Waals surface area contributed by atoms with E-state index in [1.807, 2.05) is 44.2 Å². The number of halogens is 1. The molecule has 3 heterocycles. The Morgan fingerprint density at radius 1 is 1.09 bits per heavy atom. The van der Waals surface area contributed by atoms with Crippen molar-refractivity contribution in [1.82, 2.24) is 25.0 Å². The van der Waals surface area contributed by atoms with Crippen LogP contribution >= 0.6 is 11.6 Å². The fourth-order valence-electron chi connectivity index (χ4n) is 4.36. The van der Waals surface area contributed by atoms with Gasteiger partial charge in [0.25, 0.3) is 5.91 Å². The van der Waals surface area contributed by atoms with E-state index in [1.165, 1.54) is 4.90 Å². The highest BCUT2D eigenvalue weighted by Gasteiger charge is 2.30. The van der Waals surface area contributed by atoms with Crippen LogP contribution in [0.15, 0.2) is 42.5 Å². The molecule has 1 aliphatic rings. The van der Waals surface area contributed by atoms with Crippen molar-refractivity contribution in [3.05, 3.63) is 58.7 Å². The third-order valence-corrected chi connectivity index (χ3v) is 6.52. The molecule has 2 amide bonds. The highest BCUT2D eigenvalue weighted by molar-refractivity contribution is 6.35. The SMILES string of the molecule is Cc1[nH]nc2ccc(-c3cc(Cl)c4ccc(C(=O)N5CCN(C(=O)O)CC5C)cc4n3)cc12. The summed E-state index contributed by atoms with van der Waals surface area (Å²) in [6, 6.07) is 12.8. The molecule has 1 atom stereocenters. The Balaban J connectivity index is 1.50. The summed E-state index contributed by atoms with van der Waals surface area (Å²) in [4.78, 5) is 32.3. The highest BCUT2D eigenvalue weighted by atomic mass is 35.5. The maximum absolute atomic E-state index is 13.2. The number of amides is 2. The highest BCUT2D eigenvalue weighted by Crippen LogP contribution is 2.31. The van der Waals surface area contributed by atoms with Gasteiger partial charge in [-0.1, -0.05) is 23.7 Å². The molecule has 2 N–H and O–H groups in total. The van der Waals surface area contributed by atoms with Crippen LogP contribution in [0.1, 0.15) is 23.0 Å². The Labute approximate surface area is 194 Å². The summed E-state index contributed by atoms with van der Waals surface area (Å²) in [5, 5.41) is 18.8. The fraction of sp³-hybridized carbons (Fsp3) is 0.250. The number of pyridine rings is 1. The predicted molar refractivity (Wildman–Crippen MR) is 127 cm³/mol. The number of carbonyl (C=O) groups excluding carboxylic acids is 1. The maximum atomic E-state index is 13.2. The van der Waals surface area contributed by atoms with Crippen LogP contribution in [0.25, 0.3) is 33.1 Å². The Morgan fingerprint density at radius 2 is 1.91 bits per heavy atom. The standard InChI is InChI=1S/C24H22ClN5O3/c1-13-12-29(24(32)33)7-8-30(13)23(31)16-3-5-17-19(25)11-21(26-22(17)10-16)15-4-6-20-18(9-15)14(2)27-28-20/h3-6,9-11,13H,7-8,12H2,1-2H3,(H,27,28)(H,32,33). The second-order valence-corrected chi connectivity index (χ2v) is 8.79. The number of aryl methyl sites for hydroxylation is 1. The lowest BCUT2D eigenvalue weighted by Gasteiger charge is -2.38. The minimum atomic E-state index is -0.963. The molecule has 1 unspecified atom stereocenters. The van der Waals surface area contributed by atoms with Crippen molar-refractivity contribution in [3.8, 4) is 11.3 Å². The molecule has 168 valence electrons. The molecule has 2 aromatic carbocycles. The smallest absolute Gasteiger partial charge is 0.407 e. The predicted octanol–water partition coefficient (Wildman–Crippen LogP) is 4.56. The summed E-state index contributed by atoms with van der Waals surface area (Å²) in [6.07, 6.45) is -0.963. The lowest BCUT2D eigenvalue weighted by Crippen LogP contribution is -2.55. The summed E-state index contributed by atoms with van der Waals surface area (Å²) in [6.45, 7) is 4.76. The number of fused-ring (bicyclic) bond motifs is 2. The van der Waals surface area contributed by atoms with Crippen molar-refractivity contribution in [2.45, 2.75) is 19.9 Å². The summed E-state index contributed by atoms with van der Waals surface area (Å²) >= 11 is 6.57. The van der Waals surface area contributed by atoms with Crippen LogP contribution in [-0.2, 0) is 0 Å². The number of nitrogens with zero attached hydrogens (tertiary/aromatic N) is 4. The molecule has 2 aromatic heterocycles. The van der Waals surface area contributed by atoms with Crippen LogP contribution in [0.5, 0.6) is 0 Å². The van der Waals surface area contributed by atoms with Crippen LogP contribution in [0, 0.1) is 6.92 Å². The van der Waals surface area contributed by atoms with E-state index in [1.54, 1.807) is 17.0 Å². The second kappa shape index (κ2) is 8.04. The zero-order chi connectivity index (χ0) is 23.3. The molecule has 8 nitrogen and oxygen atoms in total. The van der Waals surface area contributed by atoms with E-state index in [0.29, 0.717) is 41.4 Å². The molecular formula is C24H22ClN5O3. The van der Waals surface area contributed by atoms with Crippen LogP contribution in [-0.4, -0.2) is 67.8 Å². The molecule has 1 saturated heterocycles. The van der Waals surface area contributed by atoms with Gasteiger partial charge in [-0.3, -0.25) is 9.89 Å². The van der Waals surface area contributed by atoms with Gasteiger partial charge in [0.1, 0.15) is 0 Å². The van der Waals surface area contributed by atoms with Gasteiger partial charge in [0.05, 0.1) is 21.7 Å². The van der Waals surface area contributed by atoms with Crippen molar-refractivity contribution < 1.29 is 14.7 Å². The van der Waals surface area contributed by atoms with Crippen LogP contribution in [0.3, 0.4) is 0 Å². The quantitative estimate of drug-likeness (QED) is 0.453. The van der Waals surface area contributed by atoms with Crippen LogP contribution in [0.4, 0.5) is 4.79 Å². The maximum Gasteiger partial charge on any atom is 0.407 e. The molecule has 1 aliphatic heterocycles. The lowest BCUT2D eigenvalue weighted by atomic mass is 10.0. The average molecular weight is 464 g/mol. The number of hydrogen-bond acceptors (Lipinski definition) is 4. The summed E-state index contributed by atoms with van der Waals surface area (Å²) in [7, 11) is 0. The van der Waals surface area contributed by atoms with E-state index in [2.05, 4.69) is 10.2 Å². The first-order chi connectivity index (χ1) is 15.8. The van der Waals surface area contributed by atoms with Gasteiger partial charge >= 0.3 is 6.09 Å². The first-order valence-electron chi connectivity index (χ1n) is 10.7. The number of aromatic amines is 1. The van der Waals surface area contributed by atoms with Gasteiger partial charge in [-0.2, -0.15) is 5.10 Å². The molecule has 0 spiro atoms. The van der Waals surface area contributed by atoms with E-state index < -0.39 is 6.09 Å². The van der Waals surface area contributed by atoms with Gasteiger partial charge in [0.15, 0.2) is 0 Å². The first kappa shape index (κ1) is 21.2. The fourth-order valence-corrected chi connectivity index (χ4v) is 4.63. The Hall–Kier alpha value is -3.65. The summed E-state index contributed by atoms with van der Waals surface area (Å²) in [5.74, 6) is -0.145. The molecule has 1 fully saturated rings. The van der Waals surface area contributed by atoms with Crippen molar-refractivity contribution >= 4 is 45.4 Å². The van der Waals surface area contributed by atoms with Gasteiger partial charge < -0.3 is 14.9 Å². The summed E-state index contributed by atoms with van der Waals surface area (Å²) in [5.41, 5.74) is 4.61. The topological polar surface area (TPSA) is 102 Å². The monoisotopic (exact) mass is 463 g/mol. The number of benzene rings is 2. The number of H-pyrrole nitrogens is 1. The lowest BCUT2D eigenvalue weighted by molar-refractivity contribution is 0.0484. The van der Waals surface area contributed by atoms with E-state index >= 15 is 0 Å². The molecule has 0 aliphatic carbocycles. The zero-order valence-corrected chi connectivity index (χ0v) is 18.9. The van der Waals surface area contributed by atoms with Crippen molar-refractivity contribution in [2.24, 2.45) is 0 Å². The Morgan fingerprint density at radius 3 is 2.67 bits per heavy atom. The number of carboxylic acid groups (broad SMARTS) is 1. The van der Waals surface area contributed by atoms with Gasteiger partial charge in [0.2, 0.25) is 0 Å². The van der Waals surface area contributed by atoms with Crippen LogP contribution in [0.2, 0.25) is 5.02 Å². The minimum Gasteiger partial charge on any atom is -0.465 e. The number of rotatable bonds is 2. The van der Waals surface area contributed by atoms with Crippen LogP contribution < -0.4 is 0 Å². The molecule has 33 heavy (non-hydrogen) atoms.